The van der Waals surface area contributed by atoms with E-state index in [4.69, 9.17) is 9.47 Å². The Balaban J connectivity index is 2.23. The third-order valence-corrected chi connectivity index (χ3v) is 3.64. The van der Waals surface area contributed by atoms with Crippen LogP contribution < -0.4 is 0 Å². The molecule has 2 heteroatoms. The van der Waals surface area contributed by atoms with Gasteiger partial charge in [-0.15, -0.1) is 0 Å². The quantitative estimate of drug-likeness (QED) is 0.712. The van der Waals surface area contributed by atoms with Crippen molar-refractivity contribution in [2.75, 3.05) is 13.2 Å². The summed E-state index contributed by atoms with van der Waals surface area (Å²) in [7, 11) is 0. The second-order valence-corrected chi connectivity index (χ2v) is 5.00. The first-order valence-corrected chi connectivity index (χ1v) is 6.36. The molecule has 16 heavy (non-hydrogen) atoms. The smallest absolute Gasteiger partial charge is 0.156 e. The molecule has 2 atom stereocenters. The summed E-state index contributed by atoms with van der Waals surface area (Å²) in [4.78, 5) is 0. The Morgan fingerprint density at radius 2 is 1.81 bits per heavy atom. The van der Waals surface area contributed by atoms with Crippen molar-refractivity contribution in [3.8, 4) is 0 Å². The lowest BCUT2D eigenvalue weighted by molar-refractivity contribution is 0.0553. The number of hydrogen-bond donors (Lipinski definition) is 0. The average Bonchev–Trinajstić information content (AvgIpc) is 2.45. The van der Waals surface area contributed by atoms with Gasteiger partial charge in [-0.2, -0.15) is 0 Å². The second kappa shape index (κ2) is 4.94. The van der Waals surface area contributed by atoms with Gasteiger partial charge in [0.25, 0.3) is 0 Å². The summed E-state index contributed by atoms with van der Waals surface area (Å²) in [5.41, 5.74) is 0. The van der Waals surface area contributed by atoms with E-state index in [0.29, 0.717) is 5.92 Å². The van der Waals surface area contributed by atoms with Crippen LogP contribution in [0.2, 0.25) is 0 Å². The zero-order valence-corrected chi connectivity index (χ0v) is 10.5. The highest BCUT2D eigenvalue weighted by Crippen LogP contribution is 2.46. The van der Waals surface area contributed by atoms with Gasteiger partial charge in [-0.3, -0.25) is 0 Å². The van der Waals surface area contributed by atoms with E-state index in [1.807, 2.05) is 19.1 Å². The molecule has 0 N–H and O–H groups in total. The zero-order chi connectivity index (χ0) is 11.5. The molecule has 90 valence electrons. The van der Waals surface area contributed by atoms with Gasteiger partial charge in [-0.1, -0.05) is 19.9 Å². The SMILES string of the molecule is C/C=C\C1=C(C2C(C)CC2C)OCCCO1. The maximum Gasteiger partial charge on any atom is 0.156 e. The Labute approximate surface area is 98.3 Å². The van der Waals surface area contributed by atoms with Crippen molar-refractivity contribution >= 4 is 0 Å². The summed E-state index contributed by atoms with van der Waals surface area (Å²) in [6.45, 7) is 8.20. The van der Waals surface area contributed by atoms with Crippen LogP contribution in [-0.4, -0.2) is 13.2 Å². The Morgan fingerprint density at radius 1 is 1.12 bits per heavy atom. The highest BCUT2D eigenvalue weighted by Gasteiger charge is 2.40. The third kappa shape index (κ3) is 2.11. The van der Waals surface area contributed by atoms with Crippen LogP contribution in [0.5, 0.6) is 0 Å². The van der Waals surface area contributed by atoms with E-state index in [9.17, 15) is 0 Å². The lowest BCUT2D eigenvalue weighted by Crippen LogP contribution is -2.35. The minimum Gasteiger partial charge on any atom is -0.494 e. The van der Waals surface area contributed by atoms with Gasteiger partial charge in [0.15, 0.2) is 5.76 Å². The van der Waals surface area contributed by atoms with Crippen LogP contribution in [0, 0.1) is 17.8 Å². The van der Waals surface area contributed by atoms with E-state index in [1.165, 1.54) is 6.42 Å². The zero-order valence-electron chi connectivity index (χ0n) is 10.5. The standard InChI is InChI=1S/C14H22O2/c1-4-6-12-14(16-8-5-7-15-12)13-10(2)9-11(13)3/h4,6,10-11,13H,5,7-9H2,1-3H3/b6-4-. The van der Waals surface area contributed by atoms with Crippen molar-refractivity contribution in [3.05, 3.63) is 23.7 Å². The minimum absolute atomic E-state index is 0.560. The van der Waals surface area contributed by atoms with Gasteiger partial charge in [0.1, 0.15) is 5.76 Å². The predicted octanol–water partition coefficient (Wildman–Crippen LogP) is 3.50. The van der Waals surface area contributed by atoms with Gasteiger partial charge in [-0.05, 0) is 31.3 Å². The molecule has 1 heterocycles. The van der Waals surface area contributed by atoms with E-state index in [2.05, 4.69) is 13.8 Å². The summed E-state index contributed by atoms with van der Waals surface area (Å²) >= 11 is 0. The topological polar surface area (TPSA) is 18.5 Å². The third-order valence-electron chi connectivity index (χ3n) is 3.64. The van der Waals surface area contributed by atoms with Crippen LogP contribution in [0.4, 0.5) is 0 Å². The monoisotopic (exact) mass is 222 g/mol. The summed E-state index contributed by atoms with van der Waals surface area (Å²) in [6.07, 6.45) is 6.36. The number of allylic oxidation sites excluding steroid dienone is 3. The second-order valence-electron chi connectivity index (χ2n) is 5.00. The molecule has 2 nitrogen and oxygen atoms in total. The Hall–Kier alpha value is -0.920. The van der Waals surface area contributed by atoms with Crippen molar-refractivity contribution in [2.45, 2.75) is 33.6 Å². The fraction of sp³-hybridized carbons (Fsp3) is 0.714. The maximum absolute atomic E-state index is 5.92. The highest BCUT2D eigenvalue weighted by molar-refractivity contribution is 5.21. The Bertz CT molecular complexity index is 296. The van der Waals surface area contributed by atoms with E-state index in [0.717, 1.165) is 43.0 Å². The lowest BCUT2D eigenvalue weighted by Gasteiger charge is -2.42. The molecular formula is C14H22O2. The van der Waals surface area contributed by atoms with Crippen molar-refractivity contribution in [1.82, 2.24) is 0 Å². The summed E-state index contributed by atoms with van der Waals surface area (Å²) in [6, 6.07) is 0. The molecule has 0 aromatic heterocycles. The van der Waals surface area contributed by atoms with Gasteiger partial charge >= 0.3 is 0 Å². The van der Waals surface area contributed by atoms with Crippen molar-refractivity contribution in [3.63, 3.8) is 0 Å². The summed E-state index contributed by atoms with van der Waals surface area (Å²) in [5.74, 6) is 4.08. The van der Waals surface area contributed by atoms with Gasteiger partial charge in [0, 0.05) is 12.3 Å². The first kappa shape index (κ1) is 11.6. The molecule has 2 aliphatic rings. The molecule has 0 saturated heterocycles. The normalized spacial score (nSPS) is 35.3. The Morgan fingerprint density at radius 3 is 2.44 bits per heavy atom. The largest absolute Gasteiger partial charge is 0.494 e. The number of rotatable bonds is 2. The van der Waals surface area contributed by atoms with E-state index in [-0.39, 0.29) is 0 Å². The fourth-order valence-corrected chi connectivity index (χ4v) is 2.87. The molecule has 1 aliphatic carbocycles. The minimum atomic E-state index is 0.560. The van der Waals surface area contributed by atoms with Gasteiger partial charge in [-0.25, -0.2) is 0 Å². The van der Waals surface area contributed by atoms with Crippen molar-refractivity contribution in [1.29, 1.82) is 0 Å². The molecular weight excluding hydrogens is 200 g/mol. The first-order chi connectivity index (χ1) is 7.74. The molecule has 0 spiro atoms. The Kier molecular flexibility index (Phi) is 3.57. The van der Waals surface area contributed by atoms with Crippen LogP contribution in [-0.2, 0) is 9.47 Å². The molecule has 0 bridgehead atoms. The predicted molar refractivity (Wildman–Crippen MR) is 64.8 cm³/mol. The molecule has 1 saturated carbocycles. The summed E-state index contributed by atoms with van der Waals surface area (Å²) < 4.78 is 11.7. The molecule has 2 rings (SSSR count). The lowest BCUT2D eigenvalue weighted by atomic mass is 9.65. The van der Waals surface area contributed by atoms with Crippen LogP contribution in [0.25, 0.3) is 0 Å². The van der Waals surface area contributed by atoms with E-state index in [1.54, 1.807) is 0 Å². The summed E-state index contributed by atoms with van der Waals surface area (Å²) in [5, 5.41) is 0. The molecule has 2 unspecified atom stereocenters. The first-order valence-electron chi connectivity index (χ1n) is 6.36. The number of ether oxygens (including phenoxy) is 2. The molecule has 1 fully saturated rings. The molecule has 1 aliphatic heterocycles. The van der Waals surface area contributed by atoms with Gasteiger partial charge < -0.3 is 9.47 Å². The molecule has 0 amide bonds. The highest BCUT2D eigenvalue weighted by atomic mass is 16.5. The van der Waals surface area contributed by atoms with Crippen LogP contribution in [0.15, 0.2) is 23.7 Å². The van der Waals surface area contributed by atoms with Crippen molar-refractivity contribution in [2.24, 2.45) is 17.8 Å². The van der Waals surface area contributed by atoms with Crippen LogP contribution in [0.3, 0.4) is 0 Å². The molecule has 0 aromatic carbocycles. The molecule has 0 aromatic rings. The van der Waals surface area contributed by atoms with E-state index < -0.39 is 0 Å². The van der Waals surface area contributed by atoms with E-state index >= 15 is 0 Å². The maximum atomic E-state index is 5.92. The van der Waals surface area contributed by atoms with Gasteiger partial charge in [0.05, 0.1) is 13.2 Å². The fourth-order valence-electron chi connectivity index (χ4n) is 2.87. The molecule has 0 radical (unpaired) electrons. The number of hydrogen-bond acceptors (Lipinski definition) is 2. The van der Waals surface area contributed by atoms with Crippen LogP contribution >= 0.6 is 0 Å². The van der Waals surface area contributed by atoms with Crippen molar-refractivity contribution < 1.29 is 9.47 Å². The van der Waals surface area contributed by atoms with Gasteiger partial charge in [0.2, 0.25) is 0 Å². The average molecular weight is 222 g/mol. The van der Waals surface area contributed by atoms with Crippen LogP contribution in [0.1, 0.15) is 33.6 Å².